The summed E-state index contributed by atoms with van der Waals surface area (Å²) in [5, 5.41) is 11.4. The number of fused-ring (bicyclic) bond motifs is 2. The SMILES string of the molecule is O=C(CC1CCCCC1)Nc1cncc(-c2cc3c(-c4nc5c(-c6cc(F)cc(OCCN7CCCC7)c6)ccnc5[nH]4)n[nH]c3cn2)c1. The minimum absolute atomic E-state index is 0.0174. The van der Waals surface area contributed by atoms with Gasteiger partial charge in [0, 0.05) is 47.9 Å². The lowest BCUT2D eigenvalue weighted by atomic mass is 9.87. The zero-order chi connectivity index (χ0) is 33.2. The maximum Gasteiger partial charge on any atom is 0.224 e. The Balaban J connectivity index is 1.05. The molecule has 0 spiro atoms. The van der Waals surface area contributed by atoms with Gasteiger partial charge in [0.2, 0.25) is 5.91 Å². The predicted octanol–water partition coefficient (Wildman–Crippen LogP) is 7.15. The van der Waals surface area contributed by atoms with Crippen LogP contribution in [0.15, 0.2) is 61.2 Å². The molecule has 6 aromatic rings. The largest absolute Gasteiger partial charge is 0.492 e. The fourth-order valence-electron chi connectivity index (χ4n) is 7.12. The number of amides is 1. The van der Waals surface area contributed by atoms with Crippen molar-refractivity contribution in [2.45, 2.75) is 51.4 Å². The molecule has 0 unspecified atom stereocenters. The highest BCUT2D eigenvalue weighted by molar-refractivity contribution is 5.97. The molecule has 0 radical (unpaired) electrons. The second-order valence-electron chi connectivity index (χ2n) is 13.1. The van der Waals surface area contributed by atoms with Crippen LogP contribution in [0.2, 0.25) is 0 Å². The number of imidazole rings is 1. The van der Waals surface area contributed by atoms with Crippen LogP contribution in [0.3, 0.4) is 0 Å². The summed E-state index contributed by atoms with van der Waals surface area (Å²) in [4.78, 5) is 36.9. The first-order valence-electron chi connectivity index (χ1n) is 17.2. The summed E-state index contributed by atoms with van der Waals surface area (Å²) in [6, 6.07) is 10.4. The van der Waals surface area contributed by atoms with Crippen molar-refractivity contribution in [1.29, 1.82) is 0 Å². The van der Waals surface area contributed by atoms with Gasteiger partial charge in [0.15, 0.2) is 11.5 Å². The quantitative estimate of drug-likeness (QED) is 0.141. The average molecular weight is 660 g/mol. The van der Waals surface area contributed by atoms with E-state index in [1.165, 1.54) is 44.2 Å². The number of rotatable bonds is 10. The third kappa shape index (κ3) is 6.86. The number of carbonyl (C=O) groups excluding carboxylic acids is 1. The molecule has 12 heteroatoms. The second kappa shape index (κ2) is 13.7. The molecule has 1 aromatic carbocycles. The highest BCUT2D eigenvalue weighted by atomic mass is 19.1. The number of benzene rings is 1. The van der Waals surface area contributed by atoms with E-state index < -0.39 is 0 Å². The Morgan fingerprint density at radius 1 is 0.980 bits per heavy atom. The summed E-state index contributed by atoms with van der Waals surface area (Å²) in [5.41, 5.74) is 5.94. The van der Waals surface area contributed by atoms with Crippen LogP contribution in [-0.2, 0) is 4.79 Å². The van der Waals surface area contributed by atoms with Crippen molar-refractivity contribution >= 4 is 33.7 Å². The lowest BCUT2D eigenvalue weighted by molar-refractivity contribution is -0.117. The normalized spacial score (nSPS) is 15.7. The van der Waals surface area contributed by atoms with E-state index in [1.54, 1.807) is 24.8 Å². The van der Waals surface area contributed by atoms with E-state index in [2.05, 4.69) is 40.3 Å². The van der Waals surface area contributed by atoms with E-state index in [9.17, 15) is 9.18 Å². The third-order valence-corrected chi connectivity index (χ3v) is 9.63. The van der Waals surface area contributed by atoms with Crippen molar-refractivity contribution in [1.82, 2.24) is 40.0 Å². The number of H-pyrrole nitrogens is 2. The smallest absolute Gasteiger partial charge is 0.224 e. The third-order valence-electron chi connectivity index (χ3n) is 9.63. The molecular weight excluding hydrogens is 621 g/mol. The molecule has 1 aliphatic carbocycles. The zero-order valence-corrected chi connectivity index (χ0v) is 27.2. The molecule has 6 heterocycles. The molecule has 0 atom stereocenters. The summed E-state index contributed by atoms with van der Waals surface area (Å²) in [7, 11) is 0. The van der Waals surface area contributed by atoms with E-state index in [1.807, 2.05) is 24.3 Å². The number of nitrogens with one attached hydrogen (secondary N) is 3. The van der Waals surface area contributed by atoms with Crippen LogP contribution >= 0.6 is 0 Å². The van der Waals surface area contributed by atoms with Crippen LogP contribution in [-0.4, -0.2) is 72.2 Å². The number of hydrogen-bond acceptors (Lipinski definition) is 8. The fraction of sp³-hybridized carbons (Fsp3) is 0.351. The number of aromatic amines is 2. The molecule has 1 saturated heterocycles. The Bertz CT molecular complexity index is 2110. The van der Waals surface area contributed by atoms with Gasteiger partial charge in [-0.2, -0.15) is 5.10 Å². The van der Waals surface area contributed by atoms with Crippen molar-refractivity contribution in [2.75, 3.05) is 31.6 Å². The van der Waals surface area contributed by atoms with Gasteiger partial charge >= 0.3 is 0 Å². The summed E-state index contributed by atoms with van der Waals surface area (Å²) in [6.07, 6.45) is 15.6. The van der Waals surface area contributed by atoms with E-state index in [0.717, 1.165) is 54.5 Å². The number of nitrogens with zero attached hydrogens (tertiary/aromatic N) is 6. The Hall–Kier alpha value is -5.23. The van der Waals surface area contributed by atoms with Gasteiger partial charge < -0.3 is 15.0 Å². The van der Waals surface area contributed by atoms with Crippen LogP contribution in [0.5, 0.6) is 5.75 Å². The van der Waals surface area contributed by atoms with Gasteiger partial charge in [0.05, 0.1) is 29.3 Å². The summed E-state index contributed by atoms with van der Waals surface area (Å²) >= 11 is 0. The van der Waals surface area contributed by atoms with Gasteiger partial charge in [0.25, 0.3) is 0 Å². The van der Waals surface area contributed by atoms with Crippen LogP contribution in [0.25, 0.3) is 56.0 Å². The second-order valence-corrected chi connectivity index (χ2v) is 13.1. The predicted molar refractivity (Wildman–Crippen MR) is 186 cm³/mol. The lowest BCUT2D eigenvalue weighted by Gasteiger charge is -2.20. The van der Waals surface area contributed by atoms with Gasteiger partial charge in [-0.25, -0.2) is 14.4 Å². The number of ether oxygens (including phenoxy) is 1. The average Bonchev–Trinajstić information content (AvgIpc) is 3.88. The van der Waals surface area contributed by atoms with Crippen molar-refractivity contribution < 1.29 is 13.9 Å². The molecule has 11 nitrogen and oxygen atoms in total. The summed E-state index contributed by atoms with van der Waals surface area (Å²) < 4.78 is 20.8. The van der Waals surface area contributed by atoms with Crippen molar-refractivity contribution in [3.63, 3.8) is 0 Å². The van der Waals surface area contributed by atoms with Crippen LogP contribution in [0.1, 0.15) is 51.4 Å². The molecule has 49 heavy (non-hydrogen) atoms. The molecule has 1 amide bonds. The van der Waals surface area contributed by atoms with Gasteiger partial charge in [-0.3, -0.25) is 24.8 Å². The van der Waals surface area contributed by atoms with Crippen LogP contribution < -0.4 is 10.1 Å². The standard InChI is InChI=1S/C37H38FN9O2/c38-26-15-24(17-28(18-26)49-13-12-47-10-4-5-11-47)29-8-9-40-36-34(29)43-37(44-36)35-30-19-31(41-22-32(30)45-46-35)25-16-27(21-39-20-25)42-33(48)14-23-6-2-1-3-7-23/h8-9,15-23H,1-7,10-14H2,(H,42,48)(H,45,46)(H,40,43,44). The maximum atomic E-state index is 14.8. The fourth-order valence-corrected chi connectivity index (χ4v) is 7.12. The molecule has 250 valence electrons. The number of halogens is 1. The van der Waals surface area contributed by atoms with Crippen molar-refractivity contribution in [2.24, 2.45) is 5.92 Å². The van der Waals surface area contributed by atoms with E-state index in [0.29, 0.717) is 64.3 Å². The highest BCUT2D eigenvalue weighted by Gasteiger charge is 2.20. The van der Waals surface area contributed by atoms with E-state index >= 15 is 0 Å². The Labute approximate surface area is 282 Å². The molecule has 1 aliphatic heterocycles. The van der Waals surface area contributed by atoms with Gasteiger partial charge in [-0.15, -0.1) is 0 Å². The number of carbonyl (C=O) groups is 1. The van der Waals surface area contributed by atoms with Gasteiger partial charge in [-0.05, 0) is 80.6 Å². The summed E-state index contributed by atoms with van der Waals surface area (Å²) in [6.45, 7) is 3.49. The molecule has 2 fully saturated rings. The van der Waals surface area contributed by atoms with E-state index in [4.69, 9.17) is 9.72 Å². The monoisotopic (exact) mass is 659 g/mol. The first-order valence-corrected chi connectivity index (χ1v) is 17.2. The first kappa shape index (κ1) is 31.1. The van der Waals surface area contributed by atoms with Crippen molar-refractivity contribution in [3.8, 4) is 39.7 Å². The van der Waals surface area contributed by atoms with E-state index in [-0.39, 0.29) is 11.7 Å². The van der Waals surface area contributed by atoms with Gasteiger partial charge in [0.1, 0.15) is 29.4 Å². The lowest BCUT2D eigenvalue weighted by Crippen LogP contribution is -2.25. The molecule has 3 N–H and O–H groups in total. The van der Waals surface area contributed by atoms with Crippen LogP contribution in [0, 0.1) is 11.7 Å². The zero-order valence-electron chi connectivity index (χ0n) is 27.2. The minimum atomic E-state index is -0.380. The molecular formula is C37H38FN9O2. The summed E-state index contributed by atoms with van der Waals surface area (Å²) in [5.74, 6) is 1.08. The molecule has 0 bridgehead atoms. The number of anilines is 1. The van der Waals surface area contributed by atoms with Crippen LogP contribution in [0.4, 0.5) is 10.1 Å². The number of pyridine rings is 3. The topological polar surface area (TPSA) is 138 Å². The Morgan fingerprint density at radius 3 is 2.73 bits per heavy atom. The molecule has 2 aliphatic rings. The first-order chi connectivity index (χ1) is 24.1. The molecule has 8 rings (SSSR count). The maximum absolute atomic E-state index is 14.8. The number of aromatic nitrogens is 7. The number of likely N-dealkylation sites (tertiary alicyclic amines) is 1. The number of hydrogen-bond donors (Lipinski definition) is 3. The molecule has 1 saturated carbocycles. The minimum Gasteiger partial charge on any atom is -0.492 e. The highest BCUT2D eigenvalue weighted by Crippen LogP contribution is 2.34. The Morgan fingerprint density at radius 2 is 1.86 bits per heavy atom. The van der Waals surface area contributed by atoms with Crippen molar-refractivity contribution in [3.05, 3.63) is 67.0 Å². The van der Waals surface area contributed by atoms with Gasteiger partial charge in [-0.1, -0.05) is 19.3 Å². The Kier molecular flexibility index (Phi) is 8.69. The molecule has 5 aromatic heterocycles.